The molecule has 1 heterocycles. The van der Waals surface area contributed by atoms with E-state index in [1.165, 1.54) is 21.5 Å². The molecule has 0 amide bonds. The molecule has 0 N–H and O–H groups in total. The quantitative estimate of drug-likeness (QED) is 0.188. The second kappa shape index (κ2) is 10.5. The molecule has 5 heteroatoms. The van der Waals surface area contributed by atoms with E-state index in [-0.39, 0.29) is 0 Å². The number of nitriles is 1. The third-order valence-corrected chi connectivity index (χ3v) is 8.14. The number of benzene rings is 7. The SMILES string of the molecule is N#Cc1ccc(N(c2ccccc2)c2ccc3ccc4c(N(c5ccccc5)c5ncccn5)ccc5ccc2c3c54)cc1. The Labute approximate surface area is 254 Å². The summed E-state index contributed by atoms with van der Waals surface area (Å²) < 4.78 is 0. The lowest BCUT2D eigenvalue weighted by atomic mass is 9.92. The number of nitrogens with zero attached hydrogens (tertiary/aromatic N) is 5. The van der Waals surface area contributed by atoms with Gasteiger partial charge in [0.15, 0.2) is 0 Å². The third kappa shape index (κ3) is 4.17. The fraction of sp³-hybridized carbons (Fsp3) is 0. The van der Waals surface area contributed by atoms with E-state index in [1.807, 2.05) is 54.6 Å². The van der Waals surface area contributed by atoms with Gasteiger partial charge in [-0.3, -0.25) is 4.90 Å². The molecule has 7 aromatic carbocycles. The van der Waals surface area contributed by atoms with Crippen LogP contribution in [0.3, 0.4) is 0 Å². The van der Waals surface area contributed by atoms with Gasteiger partial charge in [0.1, 0.15) is 0 Å². The fourth-order valence-electron chi connectivity index (χ4n) is 6.20. The second-order valence-corrected chi connectivity index (χ2v) is 10.6. The third-order valence-electron chi connectivity index (χ3n) is 8.14. The Morgan fingerprint density at radius 1 is 0.455 bits per heavy atom. The topological polar surface area (TPSA) is 56.1 Å². The minimum absolute atomic E-state index is 0.616. The van der Waals surface area contributed by atoms with Crippen LogP contribution in [0.2, 0.25) is 0 Å². The predicted octanol–water partition coefficient (Wildman–Crippen LogP) is 10.2. The summed E-state index contributed by atoms with van der Waals surface area (Å²) in [5.74, 6) is 0.616. The van der Waals surface area contributed by atoms with E-state index in [2.05, 4.69) is 111 Å². The highest BCUT2D eigenvalue weighted by atomic mass is 15.3. The van der Waals surface area contributed by atoms with E-state index in [1.54, 1.807) is 12.4 Å². The highest BCUT2D eigenvalue weighted by molar-refractivity contribution is 6.28. The zero-order valence-electron chi connectivity index (χ0n) is 23.7. The molecule has 0 saturated heterocycles. The Balaban J connectivity index is 1.40. The molecule has 0 spiro atoms. The number of rotatable bonds is 6. The molecule has 1 aromatic heterocycles. The molecule has 0 bridgehead atoms. The van der Waals surface area contributed by atoms with Crippen molar-refractivity contribution in [1.82, 2.24) is 9.97 Å². The zero-order chi connectivity index (χ0) is 29.5. The van der Waals surface area contributed by atoms with Crippen LogP contribution >= 0.6 is 0 Å². The molecular formula is C39H25N5. The summed E-state index contributed by atoms with van der Waals surface area (Å²) in [7, 11) is 0. The summed E-state index contributed by atoms with van der Waals surface area (Å²) >= 11 is 0. The first-order valence-electron chi connectivity index (χ1n) is 14.5. The number of anilines is 6. The summed E-state index contributed by atoms with van der Waals surface area (Å²) in [4.78, 5) is 13.7. The maximum Gasteiger partial charge on any atom is 0.234 e. The molecule has 44 heavy (non-hydrogen) atoms. The molecule has 0 aliphatic rings. The van der Waals surface area contributed by atoms with E-state index in [4.69, 9.17) is 0 Å². The molecule has 0 aliphatic carbocycles. The summed E-state index contributed by atoms with van der Waals surface area (Å²) in [6, 6.07) is 50.1. The molecule has 0 saturated carbocycles. The van der Waals surface area contributed by atoms with Crippen molar-refractivity contribution in [2.45, 2.75) is 0 Å². The van der Waals surface area contributed by atoms with Gasteiger partial charge in [-0.25, -0.2) is 9.97 Å². The van der Waals surface area contributed by atoms with E-state index >= 15 is 0 Å². The maximum absolute atomic E-state index is 9.43. The molecule has 0 fully saturated rings. The summed E-state index contributed by atoms with van der Waals surface area (Å²) in [5.41, 5.74) is 5.74. The molecule has 0 unspecified atom stereocenters. The highest BCUT2D eigenvalue weighted by Gasteiger charge is 2.22. The fourth-order valence-corrected chi connectivity index (χ4v) is 6.20. The van der Waals surface area contributed by atoms with Crippen molar-refractivity contribution in [3.63, 3.8) is 0 Å². The van der Waals surface area contributed by atoms with E-state index < -0.39 is 0 Å². The smallest absolute Gasteiger partial charge is 0.234 e. The Kier molecular flexibility index (Phi) is 6.10. The van der Waals surface area contributed by atoms with Crippen molar-refractivity contribution in [3.05, 3.63) is 157 Å². The first kappa shape index (κ1) is 25.5. The van der Waals surface area contributed by atoms with Gasteiger partial charge in [0, 0.05) is 40.2 Å². The first-order chi connectivity index (χ1) is 21.8. The van der Waals surface area contributed by atoms with Gasteiger partial charge in [-0.05, 0) is 88.3 Å². The number of aromatic nitrogens is 2. The Bertz CT molecular complexity index is 2240. The standard InChI is InChI=1S/C39H25N5/c40-26-27-12-18-32(19-13-27)43(30-8-3-1-4-9-30)35-22-16-28-15-21-34-36(23-17-29-14-20-33(35)37(28)38(29)34)44(31-10-5-2-6-11-31)39-41-24-7-25-42-39/h1-25H. The maximum atomic E-state index is 9.43. The van der Waals surface area contributed by atoms with Gasteiger partial charge in [0.25, 0.3) is 0 Å². The predicted molar refractivity (Wildman–Crippen MR) is 180 cm³/mol. The molecule has 0 aliphatic heterocycles. The molecule has 8 aromatic rings. The molecular weight excluding hydrogens is 538 g/mol. The molecule has 5 nitrogen and oxygen atoms in total. The van der Waals surface area contributed by atoms with Gasteiger partial charge < -0.3 is 4.90 Å². The number of para-hydroxylation sites is 2. The zero-order valence-corrected chi connectivity index (χ0v) is 23.7. The number of hydrogen-bond donors (Lipinski definition) is 0. The van der Waals surface area contributed by atoms with Gasteiger partial charge in [-0.2, -0.15) is 5.26 Å². The second-order valence-electron chi connectivity index (χ2n) is 10.6. The van der Waals surface area contributed by atoms with Crippen LogP contribution in [0.4, 0.5) is 34.4 Å². The Morgan fingerprint density at radius 2 is 0.932 bits per heavy atom. The average molecular weight is 564 g/mol. The van der Waals surface area contributed by atoms with Crippen molar-refractivity contribution in [1.29, 1.82) is 5.26 Å². The Morgan fingerprint density at radius 3 is 1.48 bits per heavy atom. The van der Waals surface area contributed by atoms with Gasteiger partial charge in [-0.1, -0.05) is 72.8 Å². The summed E-state index contributed by atoms with van der Waals surface area (Å²) in [6.07, 6.45) is 3.56. The molecule has 206 valence electrons. The summed E-state index contributed by atoms with van der Waals surface area (Å²) in [6.45, 7) is 0. The van der Waals surface area contributed by atoms with Crippen LogP contribution in [0.15, 0.2) is 152 Å². The highest BCUT2D eigenvalue weighted by Crippen LogP contribution is 2.46. The van der Waals surface area contributed by atoms with Gasteiger partial charge in [0.05, 0.1) is 23.0 Å². The van der Waals surface area contributed by atoms with Gasteiger partial charge >= 0.3 is 0 Å². The van der Waals surface area contributed by atoms with Crippen molar-refractivity contribution < 1.29 is 0 Å². The largest absolute Gasteiger partial charge is 0.310 e. The monoisotopic (exact) mass is 563 g/mol. The van der Waals surface area contributed by atoms with Crippen molar-refractivity contribution in [3.8, 4) is 6.07 Å². The van der Waals surface area contributed by atoms with Crippen molar-refractivity contribution in [2.24, 2.45) is 0 Å². The van der Waals surface area contributed by atoms with E-state index in [0.717, 1.165) is 39.2 Å². The Hall–Kier alpha value is -6.25. The van der Waals surface area contributed by atoms with Crippen LogP contribution in [0.1, 0.15) is 5.56 Å². The molecule has 0 radical (unpaired) electrons. The lowest BCUT2D eigenvalue weighted by molar-refractivity contribution is 1.08. The lowest BCUT2D eigenvalue weighted by Crippen LogP contribution is -2.13. The molecule has 8 rings (SSSR count). The summed E-state index contributed by atoms with van der Waals surface area (Å²) in [5, 5.41) is 16.5. The van der Waals surface area contributed by atoms with Crippen LogP contribution < -0.4 is 9.80 Å². The van der Waals surface area contributed by atoms with Crippen LogP contribution in [0.5, 0.6) is 0 Å². The van der Waals surface area contributed by atoms with Gasteiger partial charge in [-0.15, -0.1) is 0 Å². The van der Waals surface area contributed by atoms with Crippen LogP contribution in [-0.4, -0.2) is 9.97 Å². The van der Waals surface area contributed by atoms with E-state index in [9.17, 15) is 5.26 Å². The van der Waals surface area contributed by atoms with Crippen LogP contribution in [0.25, 0.3) is 32.3 Å². The van der Waals surface area contributed by atoms with E-state index in [0.29, 0.717) is 11.5 Å². The number of hydrogen-bond acceptors (Lipinski definition) is 5. The lowest BCUT2D eigenvalue weighted by Gasteiger charge is -2.28. The van der Waals surface area contributed by atoms with Gasteiger partial charge in [0.2, 0.25) is 5.95 Å². The molecule has 0 atom stereocenters. The average Bonchev–Trinajstić information content (AvgIpc) is 3.10. The minimum Gasteiger partial charge on any atom is -0.310 e. The van der Waals surface area contributed by atoms with Crippen molar-refractivity contribution >= 4 is 66.7 Å². The van der Waals surface area contributed by atoms with Crippen LogP contribution in [-0.2, 0) is 0 Å². The van der Waals surface area contributed by atoms with Crippen LogP contribution in [0, 0.1) is 11.3 Å². The normalized spacial score (nSPS) is 11.2. The minimum atomic E-state index is 0.616. The van der Waals surface area contributed by atoms with Crippen molar-refractivity contribution in [2.75, 3.05) is 9.80 Å². The first-order valence-corrected chi connectivity index (χ1v) is 14.5.